The second kappa shape index (κ2) is 6.98. The fraction of sp³-hybridized carbons (Fsp3) is 0.458. The Hall–Kier alpha value is -2.14. The van der Waals surface area contributed by atoms with Gasteiger partial charge in [0.15, 0.2) is 0 Å². The zero-order valence-electron chi connectivity index (χ0n) is 16.5. The molecule has 4 saturated carbocycles. The first kappa shape index (κ1) is 18.9. The van der Waals surface area contributed by atoms with Crippen molar-refractivity contribution in [2.24, 2.45) is 23.2 Å². The molecule has 1 N–H and O–H groups in total. The van der Waals surface area contributed by atoms with E-state index in [1.165, 1.54) is 50.7 Å². The molecule has 6 rings (SSSR count). The lowest BCUT2D eigenvalue weighted by Crippen LogP contribution is -2.51. The summed E-state index contributed by atoms with van der Waals surface area (Å²) in [5.41, 5.74) is 0.808. The van der Waals surface area contributed by atoms with E-state index >= 15 is 0 Å². The number of carbonyl (C=O) groups excluding carboxylic acids is 1. The summed E-state index contributed by atoms with van der Waals surface area (Å²) in [4.78, 5) is 13.2. The van der Waals surface area contributed by atoms with E-state index in [1.54, 1.807) is 42.5 Å². The molecule has 152 valence electrons. The van der Waals surface area contributed by atoms with Crippen molar-refractivity contribution in [1.82, 2.24) is 5.32 Å². The fourth-order valence-corrected chi connectivity index (χ4v) is 7.68. The number of carbonyl (C=O) groups is 1. The van der Waals surface area contributed by atoms with E-state index in [1.807, 2.05) is 0 Å². The Morgan fingerprint density at radius 3 is 1.90 bits per heavy atom. The number of amides is 1. The van der Waals surface area contributed by atoms with Crippen molar-refractivity contribution in [1.29, 1.82) is 0 Å². The van der Waals surface area contributed by atoms with Crippen LogP contribution in [-0.2, 0) is 9.84 Å². The van der Waals surface area contributed by atoms with Crippen LogP contribution in [0, 0.1) is 23.2 Å². The van der Waals surface area contributed by atoms with Crippen molar-refractivity contribution >= 4 is 15.7 Å². The second-order valence-electron chi connectivity index (χ2n) is 9.44. The molecule has 4 aliphatic carbocycles. The van der Waals surface area contributed by atoms with Crippen LogP contribution in [0.3, 0.4) is 0 Å². The van der Waals surface area contributed by atoms with Crippen molar-refractivity contribution in [3.63, 3.8) is 0 Å². The van der Waals surface area contributed by atoms with Gasteiger partial charge in [0, 0.05) is 12.1 Å². The molecule has 5 heteroatoms. The maximum atomic E-state index is 12.7. The molecule has 0 atom stereocenters. The Morgan fingerprint density at radius 1 is 0.828 bits per heavy atom. The highest BCUT2D eigenvalue weighted by molar-refractivity contribution is 7.91. The Morgan fingerprint density at radius 2 is 1.34 bits per heavy atom. The molecule has 4 fully saturated rings. The van der Waals surface area contributed by atoms with Crippen LogP contribution in [0.4, 0.5) is 0 Å². The van der Waals surface area contributed by atoms with E-state index < -0.39 is 9.84 Å². The summed E-state index contributed by atoms with van der Waals surface area (Å²) in [7, 11) is -3.56. The summed E-state index contributed by atoms with van der Waals surface area (Å²) in [6.45, 7) is 0.749. The average molecular weight is 410 g/mol. The monoisotopic (exact) mass is 409 g/mol. The van der Waals surface area contributed by atoms with Gasteiger partial charge >= 0.3 is 0 Å². The number of hydrogen-bond donors (Lipinski definition) is 1. The van der Waals surface area contributed by atoms with Gasteiger partial charge in [-0.05, 0) is 98.1 Å². The smallest absolute Gasteiger partial charge is 0.251 e. The lowest BCUT2D eigenvalue weighted by molar-refractivity contribution is -0.0503. The largest absolute Gasteiger partial charge is 0.351 e. The van der Waals surface area contributed by atoms with Gasteiger partial charge in [-0.3, -0.25) is 4.79 Å². The summed E-state index contributed by atoms with van der Waals surface area (Å²) in [6, 6.07) is 14.7. The second-order valence-corrected chi connectivity index (χ2v) is 11.4. The van der Waals surface area contributed by atoms with E-state index in [-0.39, 0.29) is 15.7 Å². The predicted molar refractivity (Wildman–Crippen MR) is 111 cm³/mol. The molecule has 0 saturated heterocycles. The first-order valence-electron chi connectivity index (χ1n) is 10.6. The molecule has 1 amide bonds. The van der Waals surface area contributed by atoms with E-state index in [9.17, 15) is 13.2 Å². The summed E-state index contributed by atoms with van der Waals surface area (Å²) in [6.07, 6.45) is 7.95. The molecular weight excluding hydrogens is 382 g/mol. The van der Waals surface area contributed by atoms with Crippen LogP contribution in [0.1, 0.15) is 48.9 Å². The molecule has 4 nitrogen and oxygen atoms in total. The molecule has 2 aromatic rings. The average Bonchev–Trinajstić information content (AvgIpc) is 2.72. The maximum absolute atomic E-state index is 12.7. The minimum absolute atomic E-state index is 0.107. The van der Waals surface area contributed by atoms with Crippen molar-refractivity contribution in [3.05, 3.63) is 60.2 Å². The summed E-state index contributed by atoms with van der Waals surface area (Å²) in [5, 5.41) is 3.16. The van der Waals surface area contributed by atoms with E-state index in [0.717, 1.165) is 24.3 Å². The van der Waals surface area contributed by atoms with Gasteiger partial charge in [-0.2, -0.15) is 0 Å². The van der Waals surface area contributed by atoms with Gasteiger partial charge in [0.1, 0.15) is 0 Å². The third kappa shape index (κ3) is 3.50. The third-order valence-corrected chi connectivity index (χ3v) is 9.05. The number of hydrogen-bond acceptors (Lipinski definition) is 3. The van der Waals surface area contributed by atoms with Gasteiger partial charge < -0.3 is 5.32 Å². The van der Waals surface area contributed by atoms with Gasteiger partial charge in [0.2, 0.25) is 9.84 Å². The maximum Gasteiger partial charge on any atom is 0.251 e. The molecular formula is C24H27NO3S. The lowest BCUT2D eigenvalue weighted by atomic mass is 9.49. The van der Waals surface area contributed by atoms with Gasteiger partial charge in [-0.1, -0.05) is 18.2 Å². The standard InChI is InChI=1S/C24H27NO3S/c26-23(25-16-24-13-17-10-18(14-24)12-19(11-17)15-24)20-6-8-22(9-7-20)29(27,28)21-4-2-1-3-5-21/h1-9,17-19H,10-16H2,(H,25,26). The SMILES string of the molecule is O=C(NCC12CC3CC(CC(C3)C1)C2)c1ccc(S(=O)(=O)c2ccccc2)cc1. The summed E-state index contributed by atoms with van der Waals surface area (Å²) in [5.74, 6) is 2.48. The molecule has 0 unspecified atom stereocenters. The number of benzene rings is 2. The quantitative estimate of drug-likeness (QED) is 0.793. The number of sulfone groups is 1. The van der Waals surface area contributed by atoms with Crippen LogP contribution in [0.2, 0.25) is 0 Å². The van der Waals surface area contributed by atoms with Crippen LogP contribution in [0.5, 0.6) is 0 Å². The predicted octanol–water partition coefficient (Wildman–Crippen LogP) is 4.47. The van der Waals surface area contributed by atoms with E-state index in [2.05, 4.69) is 5.32 Å². The van der Waals surface area contributed by atoms with Crippen molar-refractivity contribution < 1.29 is 13.2 Å². The minimum atomic E-state index is -3.56. The highest BCUT2D eigenvalue weighted by Crippen LogP contribution is 2.59. The zero-order chi connectivity index (χ0) is 20.1. The Labute approximate surface area is 172 Å². The molecule has 2 aromatic carbocycles. The molecule has 4 aliphatic rings. The first-order valence-corrected chi connectivity index (χ1v) is 12.1. The molecule has 29 heavy (non-hydrogen) atoms. The van der Waals surface area contributed by atoms with Crippen LogP contribution in [-0.4, -0.2) is 20.9 Å². The molecule has 0 aromatic heterocycles. The molecule has 0 radical (unpaired) electrons. The van der Waals surface area contributed by atoms with E-state index in [0.29, 0.717) is 11.0 Å². The number of rotatable bonds is 5. The highest BCUT2D eigenvalue weighted by atomic mass is 32.2. The summed E-state index contributed by atoms with van der Waals surface area (Å²) >= 11 is 0. The molecule has 4 bridgehead atoms. The summed E-state index contributed by atoms with van der Waals surface area (Å²) < 4.78 is 25.4. The Kier molecular flexibility index (Phi) is 4.54. The van der Waals surface area contributed by atoms with Gasteiger partial charge in [-0.15, -0.1) is 0 Å². The normalized spacial score (nSPS) is 30.3. The Balaban J connectivity index is 1.27. The van der Waals surface area contributed by atoms with Crippen molar-refractivity contribution in [2.75, 3.05) is 6.54 Å². The van der Waals surface area contributed by atoms with Crippen LogP contribution < -0.4 is 5.32 Å². The third-order valence-electron chi connectivity index (χ3n) is 7.27. The van der Waals surface area contributed by atoms with Crippen LogP contribution in [0.15, 0.2) is 64.4 Å². The zero-order valence-corrected chi connectivity index (χ0v) is 17.3. The number of nitrogens with one attached hydrogen (secondary N) is 1. The molecule has 0 heterocycles. The van der Waals surface area contributed by atoms with E-state index in [4.69, 9.17) is 0 Å². The van der Waals surface area contributed by atoms with Crippen molar-refractivity contribution in [2.45, 2.75) is 48.3 Å². The van der Waals surface area contributed by atoms with Gasteiger partial charge in [0.25, 0.3) is 5.91 Å². The van der Waals surface area contributed by atoms with Crippen molar-refractivity contribution in [3.8, 4) is 0 Å². The van der Waals surface area contributed by atoms with Crippen LogP contribution in [0.25, 0.3) is 0 Å². The van der Waals surface area contributed by atoms with Crippen LogP contribution >= 0.6 is 0 Å². The first-order chi connectivity index (χ1) is 13.9. The minimum Gasteiger partial charge on any atom is -0.351 e. The molecule has 0 aliphatic heterocycles. The van der Waals surface area contributed by atoms with Gasteiger partial charge in [-0.25, -0.2) is 8.42 Å². The Bertz CT molecular complexity index is 977. The highest BCUT2D eigenvalue weighted by Gasteiger charge is 2.50. The lowest BCUT2D eigenvalue weighted by Gasteiger charge is -2.56. The topological polar surface area (TPSA) is 63.2 Å². The molecule has 0 spiro atoms. The fourth-order valence-electron chi connectivity index (χ4n) is 6.40. The van der Waals surface area contributed by atoms with Gasteiger partial charge in [0.05, 0.1) is 9.79 Å².